The SMILES string of the molecule is CCOc1ccc(C2(CNC(=NC)N3CCN(c4ccccn4)CC3)CCOCC2)cc1. The average molecular weight is 438 g/mol. The van der Waals surface area contributed by atoms with Gasteiger partial charge in [0.15, 0.2) is 5.96 Å². The van der Waals surface area contributed by atoms with Crippen LogP contribution in [0.2, 0.25) is 0 Å². The zero-order valence-corrected chi connectivity index (χ0v) is 19.3. The molecule has 2 aliphatic heterocycles. The number of piperazine rings is 1. The molecule has 1 aromatic heterocycles. The molecule has 0 saturated carbocycles. The van der Waals surface area contributed by atoms with E-state index in [2.05, 4.69) is 55.4 Å². The number of hydrogen-bond acceptors (Lipinski definition) is 5. The highest BCUT2D eigenvalue weighted by atomic mass is 16.5. The maximum atomic E-state index is 5.71. The van der Waals surface area contributed by atoms with Gasteiger partial charge in [-0.15, -0.1) is 0 Å². The molecule has 172 valence electrons. The van der Waals surface area contributed by atoms with Gasteiger partial charge in [-0.3, -0.25) is 4.99 Å². The highest BCUT2D eigenvalue weighted by molar-refractivity contribution is 5.80. The predicted octanol–water partition coefficient (Wildman–Crippen LogP) is 2.93. The molecule has 0 bridgehead atoms. The molecule has 32 heavy (non-hydrogen) atoms. The summed E-state index contributed by atoms with van der Waals surface area (Å²) >= 11 is 0. The average Bonchev–Trinajstić information content (AvgIpc) is 2.86. The summed E-state index contributed by atoms with van der Waals surface area (Å²) in [5, 5.41) is 3.70. The Kier molecular flexibility index (Phi) is 7.47. The Hall–Kier alpha value is -2.80. The summed E-state index contributed by atoms with van der Waals surface area (Å²) in [5.74, 6) is 2.95. The minimum atomic E-state index is 0.0364. The topological polar surface area (TPSA) is 62.2 Å². The lowest BCUT2D eigenvalue weighted by molar-refractivity contribution is 0.0511. The van der Waals surface area contributed by atoms with E-state index < -0.39 is 0 Å². The smallest absolute Gasteiger partial charge is 0.193 e. The molecule has 0 atom stereocenters. The second kappa shape index (κ2) is 10.7. The van der Waals surface area contributed by atoms with E-state index in [0.29, 0.717) is 6.61 Å². The van der Waals surface area contributed by atoms with Crippen LogP contribution in [0, 0.1) is 0 Å². The Balaban J connectivity index is 1.40. The van der Waals surface area contributed by atoms with E-state index in [1.54, 1.807) is 0 Å². The van der Waals surface area contributed by atoms with Crippen LogP contribution in [0.5, 0.6) is 5.75 Å². The molecule has 2 saturated heterocycles. The summed E-state index contributed by atoms with van der Waals surface area (Å²) in [4.78, 5) is 13.8. The number of nitrogens with zero attached hydrogens (tertiary/aromatic N) is 4. The lowest BCUT2D eigenvalue weighted by Crippen LogP contribution is -2.55. The molecule has 2 aromatic rings. The normalized spacial score (nSPS) is 19.0. The molecule has 2 aliphatic rings. The third-order valence-electron chi connectivity index (χ3n) is 6.58. The van der Waals surface area contributed by atoms with Gasteiger partial charge in [0, 0.05) is 64.6 Å². The summed E-state index contributed by atoms with van der Waals surface area (Å²) in [7, 11) is 1.88. The van der Waals surface area contributed by atoms with Crippen molar-refractivity contribution >= 4 is 11.8 Å². The first-order valence-corrected chi connectivity index (χ1v) is 11.7. The van der Waals surface area contributed by atoms with Crippen LogP contribution in [0.15, 0.2) is 53.7 Å². The van der Waals surface area contributed by atoms with Crippen molar-refractivity contribution in [3.63, 3.8) is 0 Å². The second-order valence-electron chi connectivity index (χ2n) is 8.41. The van der Waals surface area contributed by atoms with E-state index in [9.17, 15) is 0 Å². The fourth-order valence-electron chi connectivity index (χ4n) is 4.67. The maximum absolute atomic E-state index is 5.71. The van der Waals surface area contributed by atoms with Crippen molar-refractivity contribution in [1.29, 1.82) is 0 Å². The number of ether oxygens (including phenoxy) is 2. The summed E-state index contributed by atoms with van der Waals surface area (Å²) in [5.41, 5.74) is 1.38. The van der Waals surface area contributed by atoms with Crippen LogP contribution in [0.3, 0.4) is 0 Å². The van der Waals surface area contributed by atoms with Crippen LogP contribution in [0.1, 0.15) is 25.3 Å². The number of aliphatic imine (C=N–C) groups is 1. The third-order valence-corrected chi connectivity index (χ3v) is 6.58. The molecule has 1 aromatic carbocycles. The lowest BCUT2D eigenvalue weighted by Gasteiger charge is -2.41. The van der Waals surface area contributed by atoms with Crippen LogP contribution in [0.25, 0.3) is 0 Å². The van der Waals surface area contributed by atoms with Gasteiger partial charge in [-0.2, -0.15) is 0 Å². The fourth-order valence-corrected chi connectivity index (χ4v) is 4.67. The first-order chi connectivity index (χ1) is 15.7. The minimum absolute atomic E-state index is 0.0364. The number of rotatable bonds is 6. The fraction of sp³-hybridized carbons (Fsp3) is 0.520. The monoisotopic (exact) mass is 437 g/mol. The minimum Gasteiger partial charge on any atom is -0.494 e. The van der Waals surface area contributed by atoms with Gasteiger partial charge < -0.3 is 24.6 Å². The van der Waals surface area contributed by atoms with E-state index in [0.717, 1.165) is 76.3 Å². The van der Waals surface area contributed by atoms with Crippen molar-refractivity contribution in [2.45, 2.75) is 25.2 Å². The summed E-state index contributed by atoms with van der Waals surface area (Å²) < 4.78 is 11.3. The molecule has 0 unspecified atom stereocenters. The Labute approximate surface area is 191 Å². The van der Waals surface area contributed by atoms with Crippen LogP contribution < -0.4 is 15.0 Å². The van der Waals surface area contributed by atoms with E-state index >= 15 is 0 Å². The zero-order valence-electron chi connectivity index (χ0n) is 19.3. The van der Waals surface area contributed by atoms with Crippen LogP contribution in [0.4, 0.5) is 5.82 Å². The number of guanidine groups is 1. The first-order valence-electron chi connectivity index (χ1n) is 11.7. The number of pyridine rings is 1. The summed E-state index contributed by atoms with van der Waals surface area (Å²) in [6, 6.07) is 14.7. The molecule has 7 nitrogen and oxygen atoms in total. The van der Waals surface area contributed by atoms with Crippen LogP contribution in [-0.4, -0.2) is 75.4 Å². The number of hydrogen-bond donors (Lipinski definition) is 1. The van der Waals surface area contributed by atoms with Gasteiger partial charge in [0.2, 0.25) is 0 Å². The molecular formula is C25H35N5O2. The van der Waals surface area contributed by atoms with Crippen molar-refractivity contribution in [3.8, 4) is 5.75 Å². The molecule has 4 rings (SSSR count). The Morgan fingerprint density at radius 3 is 2.47 bits per heavy atom. The maximum Gasteiger partial charge on any atom is 0.193 e. The van der Waals surface area contributed by atoms with Gasteiger partial charge >= 0.3 is 0 Å². The van der Waals surface area contributed by atoms with E-state index in [1.807, 2.05) is 32.3 Å². The van der Waals surface area contributed by atoms with E-state index in [1.165, 1.54) is 5.56 Å². The summed E-state index contributed by atoms with van der Waals surface area (Å²) in [6.07, 6.45) is 3.85. The third kappa shape index (κ3) is 5.15. The number of anilines is 1. The molecule has 0 radical (unpaired) electrons. The Morgan fingerprint density at radius 2 is 1.84 bits per heavy atom. The first kappa shape index (κ1) is 22.4. The van der Waals surface area contributed by atoms with E-state index in [-0.39, 0.29) is 5.41 Å². The standard InChI is InChI=1S/C25H35N5O2/c1-3-32-22-9-7-21(8-10-22)25(11-18-31-19-12-25)20-28-24(26-2)30-16-14-29(15-17-30)23-6-4-5-13-27-23/h4-10,13H,3,11-12,14-20H2,1-2H3,(H,26,28). The highest BCUT2D eigenvalue weighted by Gasteiger charge is 2.35. The molecule has 0 aliphatic carbocycles. The Morgan fingerprint density at radius 1 is 1.09 bits per heavy atom. The molecule has 3 heterocycles. The van der Waals surface area contributed by atoms with Crippen molar-refractivity contribution < 1.29 is 9.47 Å². The van der Waals surface area contributed by atoms with Crippen molar-refractivity contribution in [1.82, 2.24) is 15.2 Å². The van der Waals surface area contributed by atoms with E-state index in [4.69, 9.17) is 9.47 Å². The molecule has 1 N–H and O–H groups in total. The van der Waals surface area contributed by atoms with Gasteiger partial charge in [-0.1, -0.05) is 18.2 Å². The molecule has 7 heteroatoms. The van der Waals surface area contributed by atoms with Gasteiger partial charge in [0.1, 0.15) is 11.6 Å². The van der Waals surface area contributed by atoms with Crippen LogP contribution in [-0.2, 0) is 10.2 Å². The molecule has 0 spiro atoms. The van der Waals surface area contributed by atoms with Gasteiger partial charge in [0.05, 0.1) is 6.61 Å². The Bertz CT molecular complexity index is 858. The van der Waals surface area contributed by atoms with Crippen molar-refractivity contribution in [2.24, 2.45) is 4.99 Å². The molecule has 0 amide bonds. The quantitative estimate of drug-likeness (QED) is 0.554. The molecule has 2 fully saturated rings. The van der Waals surface area contributed by atoms with Crippen molar-refractivity contribution in [2.75, 3.05) is 64.5 Å². The largest absolute Gasteiger partial charge is 0.494 e. The van der Waals surface area contributed by atoms with Crippen LogP contribution >= 0.6 is 0 Å². The van der Waals surface area contributed by atoms with Gasteiger partial charge in [-0.25, -0.2) is 4.98 Å². The van der Waals surface area contributed by atoms with Gasteiger partial charge in [-0.05, 0) is 49.6 Å². The number of nitrogens with one attached hydrogen (secondary N) is 1. The molecular weight excluding hydrogens is 402 g/mol. The predicted molar refractivity (Wildman–Crippen MR) is 129 cm³/mol. The van der Waals surface area contributed by atoms with Gasteiger partial charge in [0.25, 0.3) is 0 Å². The summed E-state index contributed by atoms with van der Waals surface area (Å²) in [6.45, 7) is 8.85. The number of aromatic nitrogens is 1. The lowest BCUT2D eigenvalue weighted by atomic mass is 9.74. The second-order valence-corrected chi connectivity index (χ2v) is 8.41. The zero-order chi connectivity index (χ0) is 22.2. The number of benzene rings is 1. The van der Waals surface area contributed by atoms with Crippen molar-refractivity contribution in [3.05, 3.63) is 54.2 Å². The highest BCUT2D eigenvalue weighted by Crippen LogP contribution is 2.35.